The lowest BCUT2D eigenvalue weighted by atomic mass is 10.1. The Morgan fingerprint density at radius 2 is 2.29 bits per heavy atom. The summed E-state index contributed by atoms with van der Waals surface area (Å²) in [5.74, 6) is -0.225. The van der Waals surface area contributed by atoms with E-state index in [2.05, 4.69) is 17.2 Å². The van der Waals surface area contributed by atoms with E-state index in [1.807, 2.05) is 6.92 Å². The van der Waals surface area contributed by atoms with Gasteiger partial charge in [-0.1, -0.05) is 0 Å². The first-order valence-electron chi connectivity index (χ1n) is 4.98. The van der Waals surface area contributed by atoms with Crippen LogP contribution in [0.3, 0.4) is 0 Å². The van der Waals surface area contributed by atoms with Crippen molar-refractivity contribution >= 4 is 0 Å². The molecule has 3 heteroatoms. The van der Waals surface area contributed by atoms with Gasteiger partial charge >= 0.3 is 0 Å². The van der Waals surface area contributed by atoms with Crippen LogP contribution in [0.2, 0.25) is 0 Å². The molecule has 2 nitrogen and oxygen atoms in total. The lowest BCUT2D eigenvalue weighted by molar-refractivity contribution is 0.450. The van der Waals surface area contributed by atoms with Crippen molar-refractivity contribution in [1.29, 1.82) is 0 Å². The minimum atomic E-state index is -0.225. The third kappa shape index (κ3) is 1.93. The fourth-order valence-electron chi connectivity index (χ4n) is 1.67. The summed E-state index contributed by atoms with van der Waals surface area (Å²) < 4.78 is 13.3. The smallest absolute Gasteiger partial charge is 0.146 e. The summed E-state index contributed by atoms with van der Waals surface area (Å²) in [6, 6.07) is 1.80. The molecule has 0 bridgehead atoms. The Morgan fingerprint density at radius 1 is 1.57 bits per heavy atom. The maximum absolute atomic E-state index is 13.3. The third-order valence-corrected chi connectivity index (χ3v) is 2.84. The Balaban J connectivity index is 2.10. The standard InChI is InChI=1S/C11H15FN2/c1-8(14-11(2)4-5-11)9-3-6-13-7-10(9)12/h3,6-8,14H,4-5H2,1-2H3. The molecule has 2 rings (SSSR count). The molecule has 14 heavy (non-hydrogen) atoms. The molecule has 1 N–H and O–H groups in total. The fraction of sp³-hybridized carbons (Fsp3) is 0.545. The first-order chi connectivity index (χ1) is 6.61. The molecule has 1 fully saturated rings. The monoisotopic (exact) mass is 194 g/mol. The van der Waals surface area contributed by atoms with Gasteiger partial charge in [-0.15, -0.1) is 0 Å². The van der Waals surface area contributed by atoms with E-state index < -0.39 is 0 Å². The van der Waals surface area contributed by atoms with Gasteiger partial charge in [0.1, 0.15) is 5.82 Å². The van der Waals surface area contributed by atoms with Crippen LogP contribution in [0.1, 0.15) is 38.3 Å². The lowest BCUT2D eigenvalue weighted by Crippen LogP contribution is -2.31. The number of halogens is 1. The summed E-state index contributed by atoms with van der Waals surface area (Å²) >= 11 is 0. The molecule has 76 valence electrons. The minimum absolute atomic E-state index is 0.0606. The van der Waals surface area contributed by atoms with Crippen molar-refractivity contribution in [2.24, 2.45) is 0 Å². The van der Waals surface area contributed by atoms with Crippen molar-refractivity contribution in [1.82, 2.24) is 10.3 Å². The average Bonchev–Trinajstić information content (AvgIpc) is 2.84. The molecule has 1 unspecified atom stereocenters. The van der Waals surface area contributed by atoms with Crippen molar-refractivity contribution in [3.05, 3.63) is 29.8 Å². The largest absolute Gasteiger partial charge is 0.305 e. The van der Waals surface area contributed by atoms with Gasteiger partial charge in [0.15, 0.2) is 0 Å². The van der Waals surface area contributed by atoms with E-state index in [1.54, 1.807) is 12.3 Å². The molecule has 1 heterocycles. The maximum Gasteiger partial charge on any atom is 0.146 e. The fourth-order valence-corrected chi connectivity index (χ4v) is 1.67. The molecule has 1 aromatic rings. The highest BCUT2D eigenvalue weighted by atomic mass is 19.1. The van der Waals surface area contributed by atoms with Crippen LogP contribution in [-0.4, -0.2) is 10.5 Å². The second-order valence-corrected chi connectivity index (χ2v) is 4.32. The van der Waals surface area contributed by atoms with E-state index >= 15 is 0 Å². The van der Waals surface area contributed by atoms with Crippen LogP contribution in [0.5, 0.6) is 0 Å². The van der Waals surface area contributed by atoms with Gasteiger partial charge in [-0.05, 0) is 32.8 Å². The molecule has 1 saturated carbocycles. The molecule has 0 saturated heterocycles. The number of nitrogens with zero attached hydrogens (tertiary/aromatic N) is 1. The Kier molecular flexibility index (Phi) is 2.27. The van der Waals surface area contributed by atoms with Gasteiger partial charge in [0.2, 0.25) is 0 Å². The number of rotatable bonds is 3. The zero-order valence-electron chi connectivity index (χ0n) is 8.55. The first kappa shape index (κ1) is 9.59. The topological polar surface area (TPSA) is 24.9 Å². The van der Waals surface area contributed by atoms with Crippen molar-refractivity contribution in [3.8, 4) is 0 Å². The maximum atomic E-state index is 13.3. The highest BCUT2D eigenvalue weighted by Gasteiger charge is 2.38. The van der Waals surface area contributed by atoms with Crippen LogP contribution < -0.4 is 5.32 Å². The molecular weight excluding hydrogens is 179 g/mol. The SMILES string of the molecule is CC(NC1(C)CC1)c1ccncc1F. The van der Waals surface area contributed by atoms with Crippen LogP contribution in [0, 0.1) is 5.82 Å². The minimum Gasteiger partial charge on any atom is -0.305 e. The second-order valence-electron chi connectivity index (χ2n) is 4.32. The molecule has 0 spiro atoms. The summed E-state index contributed by atoms with van der Waals surface area (Å²) in [6.07, 6.45) is 5.27. The Morgan fingerprint density at radius 3 is 2.86 bits per heavy atom. The van der Waals surface area contributed by atoms with E-state index in [0.29, 0.717) is 5.56 Å². The summed E-state index contributed by atoms with van der Waals surface area (Å²) in [5, 5.41) is 3.42. The average molecular weight is 194 g/mol. The summed E-state index contributed by atoms with van der Waals surface area (Å²) in [6.45, 7) is 4.16. The van der Waals surface area contributed by atoms with Gasteiger partial charge in [0.05, 0.1) is 6.20 Å². The van der Waals surface area contributed by atoms with Gasteiger partial charge in [-0.25, -0.2) is 4.39 Å². The number of hydrogen-bond donors (Lipinski definition) is 1. The molecule has 0 radical (unpaired) electrons. The highest BCUT2D eigenvalue weighted by molar-refractivity contribution is 5.18. The number of hydrogen-bond acceptors (Lipinski definition) is 2. The quantitative estimate of drug-likeness (QED) is 0.799. The molecule has 0 aromatic carbocycles. The zero-order chi connectivity index (χ0) is 10.2. The number of aromatic nitrogens is 1. The van der Waals surface area contributed by atoms with E-state index in [1.165, 1.54) is 19.0 Å². The number of pyridine rings is 1. The lowest BCUT2D eigenvalue weighted by Gasteiger charge is -2.19. The van der Waals surface area contributed by atoms with Gasteiger partial charge in [-0.2, -0.15) is 0 Å². The highest BCUT2D eigenvalue weighted by Crippen LogP contribution is 2.36. The van der Waals surface area contributed by atoms with Gasteiger partial charge in [0, 0.05) is 23.3 Å². The Labute approximate surface area is 83.6 Å². The Bertz CT molecular complexity index is 334. The van der Waals surface area contributed by atoms with E-state index in [4.69, 9.17) is 0 Å². The normalized spacial score (nSPS) is 20.5. The van der Waals surface area contributed by atoms with Crippen molar-refractivity contribution in [2.75, 3.05) is 0 Å². The van der Waals surface area contributed by atoms with Gasteiger partial charge < -0.3 is 5.32 Å². The van der Waals surface area contributed by atoms with Gasteiger partial charge in [0.25, 0.3) is 0 Å². The molecule has 1 aromatic heterocycles. The second kappa shape index (κ2) is 3.31. The molecular formula is C11H15FN2. The van der Waals surface area contributed by atoms with Crippen LogP contribution in [0.15, 0.2) is 18.5 Å². The summed E-state index contributed by atoms with van der Waals surface area (Å²) in [4.78, 5) is 3.74. The molecule has 1 atom stereocenters. The van der Waals surface area contributed by atoms with Crippen molar-refractivity contribution < 1.29 is 4.39 Å². The van der Waals surface area contributed by atoms with E-state index in [0.717, 1.165) is 0 Å². The number of nitrogens with one attached hydrogen (secondary N) is 1. The molecule has 1 aliphatic rings. The predicted molar refractivity (Wildman–Crippen MR) is 53.4 cm³/mol. The van der Waals surface area contributed by atoms with Crippen molar-refractivity contribution in [2.45, 2.75) is 38.3 Å². The van der Waals surface area contributed by atoms with Gasteiger partial charge in [-0.3, -0.25) is 4.98 Å². The molecule has 1 aliphatic carbocycles. The van der Waals surface area contributed by atoms with Crippen LogP contribution in [0.4, 0.5) is 4.39 Å². The zero-order valence-corrected chi connectivity index (χ0v) is 8.55. The van der Waals surface area contributed by atoms with Crippen LogP contribution in [0.25, 0.3) is 0 Å². The third-order valence-electron chi connectivity index (χ3n) is 2.84. The van der Waals surface area contributed by atoms with Crippen molar-refractivity contribution in [3.63, 3.8) is 0 Å². The molecule has 0 aliphatic heterocycles. The van der Waals surface area contributed by atoms with E-state index in [9.17, 15) is 4.39 Å². The Hall–Kier alpha value is -0.960. The summed E-state index contributed by atoms with van der Waals surface area (Å²) in [5.41, 5.74) is 0.933. The van der Waals surface area contributed by atoms with Crippen LogP contribution in [-0.2, 0) is 0 Å². The summed E-state index contributed by atoms with van der Waals surface area (Å²) in [7, 11) is 0. The molecule has 0 amide bonds. The van der Waals surface area contributed by atoms with Crippen LogP contribution >= 0.6 is 0 Å². The van der Waals surface area contributed by atoms with E-state index in [-0.39, 0.29) is 17.4 Å². The predicted octanol–water partition coefficient (Wildman–Crippen LogP) is 2.42. The first-order valence-corrected chi connectivity index (χ1v) is 4.98.